The lowest BCUT2D eigenvalue weighted by Crippen LogP contribution is -2.32. The second-order valence-corrected chi connectivity index (χ2v) is 4.48. The van der Waals surface area contributed by atoms with Crippen molar-refractivity contribution in [3.05, 3.63) is 23.9 Å². The molecule has 0 aliphatic rings. The van der Waals surface area contributed by atoms with Gasteiger partial charge in [-0.1, -0.05) is 13.8 Å². The van der Waals surface area contributed by atoms with Crippen LogP contribution in [0.5, 0.6) is 0 Å². The van der Waals surface area contributed by atoms with Crippen molar-refractivity contribution in [1.29, 1.82) is 0 Å². The number of nitrogens with one attached hydrogen (secondary N) is 1. The van der Waals surface area contributed by atoms with Gasteiger partial charge >= 0.3 is 0 Å². The van der Waals surface area contributed by atoms with E-state index < -0.39 is 11.6 Å². The average molecular weight is 243 g/mol. The van der Waals surface area contributed by atoms with Gasteiger partial charge in [-0.2, -0.15) is 0 Å². The molecule has 3 nitrogen and oxygen atoms in total. The second kappa shape index (κ2) is 6.49. The monoisotopic (exact) mass is 243 g/mol. The van der Waals surface area contributed by atoms with E-state index in [0.717, 1.165) is 25.4 Å². The van der Waals surface area contributed by atoms with Gasteiger partial charge in [0.1, 0.15) is 5.82 Å². The van der Waals surface area contributed by atoms with E-state index in [2.05, 4.69) is 24.1 Å². The molecule has 1 aromatic heterocycles. The van der Waals surface area contributed by atoms with E-state index in [4.69, 9.17) is 0 Å². The molecule has 5 heteroatoms. The van der Waals surface area contributed by atoms with Crippen LogP contribution in [-0.2, 0) is 0 Å². The Balaban J connectivity index is 2.44. The lowest BCUT2D eigenvalue weighted by molar-refractivity contribution is 0.546. The summed E-state index contributed by atoms with van der Waals surface area (Å²) in [4.78, 5) is 5.41. The highest BCUT2D eigenvalue weighted by atomic mass is 19.1. The Labute approximate surface area is 101 Å². The van der Waals surface area contributed by atoms with E-state index in [0.29, 0.717) is 12.5 Å². The van der Waals surface area contributed by atoms with Crippen molar-refractivity contribution in [3.63, 3.8) is 0 Å². The second-order valence-electron chi connectivity index (χ2n) is 4.48. The Morgan fingerprint density at radius 2 is 2.12 bits per heavy atom. The van der Waals surface area contributed by atoms with Gasteiger partial charge in [0.2, 0.25) is 0 Å². The van der Waals surface area contributed by atoms with Gasteiger partial charge in [-0.05, 0) is 12.5 Å². The maximum Gasteiger partial charge on any atom is 0.168 e. The Hall–Kier alpha value is -1.23. The molecule has 0 aromatic carbocycles. The Bertz CT molecular complexity index is 356. The summed E-state index contributed by atoms with van der Waals surface area (Å²) >= 11 is 0. The van der Waals surface area contributed by atoms with Gasteiger partial charge < -0.3 is 10.2 Å². The maximum atomic E-state index is 13.4. The predicted molar refractivity (Wildman–Crippen MR) is 65.1 cm³/mol. The van der Waals surface area contributed by atoms with Gasteiger partial charge in [0, 0.05) is 26.2 Å². The van der Waals surface area contributed by atoms with Crippen LogP contribution in [0.3, 0.4) is 0 Å². The highest BCUT2D eigenvalue weighted by Crippen LogP contribution is 2.14. The van der Waals surface area contributed by atoms with E-state index in [1.54, 1.807) is 11.9 Å². The molecule has 0 aliphatic carbocycles. The summed E-state index contributed by atoms with van der Waals surface area (Å²) in [5.41, 5.74) is 0. The SMILES string of the molecule is CC(C)CNCCN(C)c1ncc(F)cc1F. The minimum atomic E-state index is -0.655. The Morgan fingerprint density at radius 1 is 1.41 bits per heavy atom. The highest BCUT2D eigenvalue weighted by Gasteiger charge is 2.09. The van der Waals surface area contributed by atoms with Crippen LogP contribution in [0.15, 0.2) is 12.3 Å². The largest absolute Gasteiger partial charge is 0.356 e. The van der Waals surface area contributed by atoms with Gasteiger partial charge in [0.05, 0.1) is 6.20 Å². The molecule has 0 unspecified atom stereocenters. The average Bonchev–Trinajstić information content (AvgIpc) is 2.23. The number of rotatable bonds is 6. The zero-order valence-electron chi connectivity index (χ0n) is 10.5. The molecule has 96 valence electrons. The molecule has 0 radical (unpaired) electrons. The first-order valence-electron chi connectivity index (χ1n) is 5.73. The van der Waals surface area contributed by atoms with Crippen molar-refractivity contribution >= 4 is 5.82 Å². The van der Waals surface area contributed by atoms with Crippen molar-refractivity contribution in [2.24, 2.45) is 5.92 Å². The van der Waals surface area contributed by atoms with Gasteiger partial charge in [-0.3, -0.25) is 0 Å². The first kappa shape index (κ1) is 13.8. The minimum Gasteiger partial charge on any atom is -0.356 e. The summed E-state index contributed by atoms with van der Waals surface area (Å²) in [7, 11) is 1.74. The lowest BCUT2D eigenvalue weighted by atomic mass is 10.2. The van der Waals surface area contributed by atoms with Crippen LogP contribution in [0.2, 0.25) is 0 Å². The third-order valence-electron chi connectivity index (χ3n) is 2.33. The van der Waals surface area contributed by atoms with E-state index in [-0.39, 0.29) is 5.82 Å². The smallest absolute Gasteiger partial charge is 0.168 e. The summed E-state index contributed by atoms with van der Waals surface area (Å²) in [5.74, 6) is -0.521. The summed E-state index contributed by atoms with van der Waals surface area (Å²) in [6, 6.07) is 0.848. The number of nitrogens with zero attached hydrogens (tertiary/aromatic N) is 2. The molecule has 1 N–H and O–H groups in total. The third kappa shape index (κ3) is 4.65. The maximum absolute atomic E-state index is 13.4. The standard InChI is InChI=1S/C12H19F2N3/c1-9(2)7-15-4-5-17(3)12-11(14)6-10(13)8-16-12/h6,8-9,15H,4-5,7H2,1-3H3. The minimum absolute atomic E-state index is 0.178. The Kier molecular flexibility index (Phi) is 5.28. The van der Waals surface area contributed by atoms with E-state index in [1.807, 2.05) is 0 Å². The third-order valence-corrected chi connectivity index (χ3v) is 2.33. The fourth-order valence-corrected chi connectivity index (χ4v) is 1.43. The zero-order valence-corrected chi connectivity index (χ0v) is 10.5. The van der Waals surface area contributed by atoms with Gasteiger partial charge in [0.25, 0.3) is 0 Å². The van der Waals surface area contributed by atoms with Crippen molar-refractivity contribution in [2.75, 3.05) is 31.6 Å². The molecular formula is C12H19F2N3. The van der Waals surface area contributed by atoms with Gasteiger partial charge in [0.15, 0.2) is 11.6 Å². The first-order chi connectivity index (χ1) is 8.00. The molecular weight excluding hydrogens is 224 g/mol. The fourth-order valence-electron chi connectivity index (χ4n) is 1.43. The molecule has 1 rings (SSSR count). The molecule has 0 aliphatic heterocycles. The number of likely N-dealkylation sites (N-methyl/N-ethyl adjacent to an activating group) is 1. The normalized spacial score (nSPS) is 10.9. The first-order valence-corrected chi connectivity index (χ1v) is 5.73. The van der Waals surface area contributed by atoms with Crippen LogP contribution in [-0.4, -0.2) is 31.7 Å². The highest BCUT2D eigenvalue weighted by molar-refractivity contribution is 5.38. The van der Waals surface area contributed by atoms with Crippen LogP contribution in [0.4, 0.5) is 14.6 Å². The predicted octanol–water partition coefficient (Wildman–Crippen LogP) is 2.04. The molecule has 0 bridgehead atoms. The van der Waals surface area contributed by atoms with E-state index >= 15 is 0 Å². The molecule has 1 heterocycles. The van der Waals surface area contributed by atoms with Crippen LogP contribution in [0.1, 0.15) is 13.8 Å². The zero-order chi connectivity index (χ0) is 12.8. The molecule has 0 saturated heterocycles. The van der Waals surface area contributed by atoms with Crippen LogP contribution >= 0.6 is 0 Å². The van der Waals surface area contributed by atoms with E-state index in [1.165, 1.54) is 0 Å². The quantitative estimate of drug-likeness (QED) is 0.775. The number of anilines is 1. The number of hydrogen-bond donors (Lipinski definition) is 1. The fraction of sp³-hybridized carbons (Fsp3) is 0.583. The molecule has 0 fully saturated rings. The van der Waals surface area contributed by atoms with Crippen molar-refractivity contribution in [1.82, 2.24) is 10.3 Å². The van der Waals surface area contributed by atoms with Crippen molar-refractivity contribution in [3.8, 4) is 0 Å². The number of pyridine rings is 1. The summed E-state index contributed by atoms with van der Waals surface area (Å²) in [6.07, 6.45) is 1.02. The lowest BCUT2D eigenvalue weighted by Gasteiger charge is -2.19. The Morgan fingerprint density at radius 3 is 2.71 bits per heavy atom. The summed E-state index contributed by atoms with van der Waals surface area (Å²) in [5, 5.41) is 3.25. The van der Waals surface area contributed by atoms with Crippen molar-refractivity contribution in [2.45, 2.75) is 13.8 Å². The van der Waals surface area contributed by atoms with Crippen LogP contribution < -0.4 is 10.2 Å². The van der Waals surface area contributed by atoms with Gasteiger partial charge in [-0.15, -0.1) is 0 Å². The molecule has 1 aromatic rings. The molecule has 0 spiro atoms. The van der Waals surface area contributed by atoms with Crippen LogP contribution in [0.25, 0.3) is 0 Å². The topological polar surface area (TPSA) is 28.2 Å². The van der Waals surface area contributed by atoms with Crippen LogP contribution in [0, 0.1) is 17.6 Å². The number of hydrogen-bond acceptors (Lipinski definition) is 3. The molecule has 0 saturated carbocycles. The van der Waals surface area contributed by atoms with E-state index in [9.17, 15) is 8.78 Å². The molecule has 17 heavy (non-hydrogen) atoms. The molecule has 0 atom stereocenters. The number of halogens is 2. The van der Waals surface area contributed by atoms with Gasteiger partial charge in [-0.25, -0.2) is 13.8 Å². The van der Waals surface area contributed by atoms with Crippen molar-refractivity contribution < 1.29 is 8.78 Å². The molecule has 0 amide bonds. The summed E-state index contributed by atoms with van der Waals surface area (Å²) in [6.45, 7) is 6.54. The number of aromatic nitrogens is 1. The summed E-state index contributed by atoms with van der Waals surface area (Å²) < 4.78 is 26.0.